The molecule has 0 unspecified atom stereocenters. The summed E-state index contributed by atoms with van der Waals surface area (Å²) in [6.07, 6.45) is 0. The van der Waals surface area contributed by atoms with E-state index in [2.05, 4.69) is 0 Å². The van der Waals surface area contributed by atoms with Crippen molar-refractivity contribution in [1.29, 1.82) is 0 Å². The van der Waals surface area contributed by atoms with Gasteiger partial charge in [-0.15, -0.1) is 0 Å². The summed E-state index contributed by atoms with van der Waals surface area (Å²) in [7, 11) is 4.10. The molecule has 0 atom stereocenters. The highest BCUT2D eigenvalue weighted by molar-refractivity contribution is 14.2. The van der Waals surface area contributed by atoms with E-state index in [-0.39, 0.29) is 23.7 Å². The Morgan fingerprint density at radius 2 is 1.75 bits per heavy atom. The first kappa shape index (κ1) is 18.5. The van der Waals surface area contributed by atoms with Crippen LogP contribution in [-0.4, -0.2) is 25.3 Å². The van der Waals surface area contributed by atoms with Crippen molar-refractivity contribution in [2.45, 2.75) is 6.61 Å². The van der Waals surface area contributed by atoms with Gasteiger partial charge in [-0.25, -0.2) is 4.79 Å². The summed E-state index contributed by atoms with van der Waals surface area (Å²) >= 11 is 1.97. The number of carboxylic acid groups (broad SMARTS) is 1. The lowest BCUT2D eigenvalue weighted by Crippen LogP contribution is -2.06. The molecule has 128 valence electrons. The van der Waals surface area contributed by atoms with Crippen LogP contribution in [0.5, 0.6) is 23.0 Å². The lowest BCUT2D eigenvalue weighted by Gasteiger charge is -2.14. The van der Waals surface area contributed by atoms with Crippen LogP contribution in [0.2, 0.25) is 0 Å². The van der Waals surface area contributed by atoms with E-state index in [9.17, 15) is 9.90 Å². The maximum atomic E-state index is 11.5. The number of rotatable bonds is 8. The van der Waals surface area contributed by atoms with Gasteiger partial charge in [0.15, 0.2) is 0 Å². The first-order valence-electron chi connectivity index (χ1n) is 6.75. The summed E-state index contributed by atoms with van der Waals surface area (Å²) in [6.45, 7) is 0.203. The number of aromatic carboxylic acids is 1. The van der Waals surface area contributed by atoms with Crippen LogP contribution in [0.25, 0.3) is 0 Å². The van der Waals surface area contributed by atoms with E-state index in [1.54, 1.807) is 7.11 Å². The average Bonchev–Trinajstić information content (AvgIpc) is 2.59. The highest BCUT2D eigenvalue weighted by Crippen LogP contribution is 2.36. The number of carbonyl (C=O) groups is 1. The molecule has 2 rings (SSSR count). The van der Waals surface area contributed by atoms with Crippen LogP contribution in [-0.2, 0) is 6.61 Å². The Morgan fingerprint density at radius 1 is 1.08 bits per heavy atom. The Kier molecular flexibility index (Phi) is 6.85. The molecule has 0 aliphatic heterocycles. The molecule has 6 nitrogen and oxygen atoms in total. The van der Waals surface area contributed by atoms with Crippen LogP contribution in [0.1, 0.15) is 15.9 Å². The van der Waals surface area contributed by atoms with Crippen molar-refractivity contribution in [2.24, 2.45) is 0 Å². The molecule has 0 heterocycles. The van der Waals surface area contributed by atoms with E-state index in [1.165, 1.54) is 19.2 Å². The first-order valence-corrected chi connectivity index (χ1v) is 10.0. The third-order valence-corrected chi connectivity index (χ3v) is 3.95. The van der Waals surface area contributed by atoms with E-state index >= 15 is 0 Å². The fourth-order valence-corrected chi connectivity index (χ4v) is 2.81. The molecule has 0 saturated heterocycles. The van der Waals surface area contributed by atoms with Crippen LogP contribution in [0.4, 0.5) is 0 Å². The molecule has 0 radical (unpaired) electrons. The zero-order valence-corrected chi connectivity index (χ0v) is 15.9. The van der Waals surface area contributed by atoms with Gasteiger partial charge < -0.3 is 23.5 Å². The van der Waals surface area contributed by atoms with Gasteiger partial charge in [-0.3, -0.25) is 0 Å². The molecule has 0 bridgehead atoms. The van der Waals surface area contributed by atoms with Crippen molar-refractivity contribution in [3.05, 3.63) is 47.5 Å². The Hall–Kier alpha value is -1.81. The summed E-state index contributed by atoms with van der Waals surface area (Å²) in [5.41, 5.74) is 0.831. The van der Waals surface area contributed by atoms with Crippen molar-refractivity contribution >= 4 is 36.4 Å². The van der Waals surface area contributed by atoms with Crippen molar-refractivity contribution in [3.8, 4) is 23.0 Å². The minimum atomic E-state index is -1.13. The second-order valence-corrected chi connectivity index (χ2v) is 5.96. The Bertz CT molecular complexity index is 704. The van der Waals surface area contributed by atoms with Crippen LogP contribution in [0.3, 0.4) is 0 Å². The van der Waals surface area contributed by atoms with Gasteiger partial charge >= 0.3 is 5.97 Å². The lowest BCUT2D eigenvalue weighted by atomic mass is 10.1. The number of benzene rings is 2. The SMILES string of the molecule is COc1ccc(COc2cc(OSI)cc(OC)c2C(=O)O)cc1. The lowest BCUT2D eigenvalue weighted by molar-refractivity contribution is 0.0688. The zero-order valence-electron chi connectivity index (χ0n) is 12.9. The quantitative estimate of drug-likeness (QED) is 0.462. The zero-order chi connectivity index (χ0) is 17.5. The van der Waals surface area contributed by atoms with Gasteiger partial charge in [-0.1, -0.05) is 12.1 Å². The maximum absolute atomic E-state index is 11.5. The molecule has 0 spiro atoms. The number of carboxylic acids is 1. The second kappa shape index (κ2) is 8.88. The first-order chi connectivity index (χ1) is 11.6. The normalized spacial score (nSPS) is 10.1. The second-order valence-electron chi connectivity index (χ2n) is 4.59. The fourth-order valence-electron chi connectivity index (χ4n) is 2.02. The van der Waals surface area contributed by atoms with Crippen LogP contribution in [0, 0.1) is 0 Å². The molecular formula is C16H15IO6S. The van der Waals surface area contributed by atoms with Crippen LogP contribution < -0.4 is 18.4 Å². The minimum Gasteiger partial charge on any atom is -0.497 e. The van der Waals surface area contributed by atoms with Gasteiger partial charge in [0.25, 0.3) is 0 Å². The molecular weight excluding hydrogens is 447 g/mol. The van der Waals surface area contributed by atoms with Crippen LogP contribution >= 0.6 is 30.4 Å². The number of hydrogen-bond donors (Lipinski definition) is 1. The topological polar surface area (TPSA) is 74.2 Å². The fraction of sp³-hybridized carbons (Fsp3) is 0.188. The van der Waals surface area contributed by atoms with Gasteiger partial charge in [0, 0.05) is 33.3 Å². The summed E-state index contributed by atoms with van der Waals surface area (Å²) in [6, 6.07) is 10.3. The molecule has 0 fully saturated rings. The van der Waals surface area contributed by atoms with Gasteiger partial charge in [0.05, 0.1) is 14.2 Å². The van der Waals surface area contributed by atoms with E-state index < -0.39 is 5.97 Å². The third-order valence-electron chi connectivity index (χ3n) is 3.15. The van der Waals surface area contributed by atoms with E-state index in [0.717, 1.165) is 20.5 Å². The Balaban J connectivity index is 2.28. The predicted molar refractivity (Wildman–Crippen MR) is 99.5 cm³/mol. The van der Waals surface area contributed by atoms with Crippen LogP contribution in [0.15, 0.2) is 36.4 Å². The molecule has 8 heteroatoms. The number of hydrogen-bond acceptors (Lipinski definition) is 6. The third kappa shape index (κ3) is 4.60. The Morgan fingerprint density at radius 3 is 2.29 bits per heavy atom. The van der Waals surface area contributed by atoms with E-state index in [0.29, 0.717) is 5.75 Å². The summed E-state index contributed by atoms with van der Waals surface area (Å²) in [5.74, 6) is 0.403. The van der Waals surface area contributed by atoms with Crippen molar-refractivity contribution in [2.75, 3.05) is 14.2 Å². The molecule has 0 aromatic heterocycles. The van der Waals surface area contributed by atoms with Gasteiger partial charge in [-0.2, -0.15) is 0 Å². The smallest absolute Gasteiger partial charge is 0.343 e. The number of ether oxygens (including phenoxy) is 3. The van der Waals surface area contributed by atoms with Gasteiger partial charge in [0.2, 0.25) is 0 Å². The molecule has 0 aliphatic rings. The van der Waals surface area contributed by atoms with Gasteiger partial charge in [-0.05, 0) is 17.7 Å². The van der Waals surface area contributed by atoms with Crippen molar-refractivity contribution < 1.29 is 28.3 Å². The molecule has 2 aromatic carbocycles. The molecule has 0 saturated carbocycles. The number of halogens is 1. The summed E-state index contributed by atoms with van der Waals surface area (Å²) in [5, 5.41) is 9.44. The summed E-state index contributed by atoms with van der Waals surface area (Å²) < 4.78 is 21.3. The summed E-state index contributed by atoms with van der Waals surface area (Å²) in [4.78, 5) is 11.5. The predicted octanol–water partition coefficient (Wildman–Crippen LogP) is 4.36. The standard InChI is InChI=1S/C16H15IO6S/c1-20-11-5-3-10(4-6-11)9-22-14-8-12(23-24-17)7-13(21-2)15(14)16(18)19/h3-8H,9H2,1-2H3,(H,18,19). The molecule has 1 N–H and O–H groups in total. The largest absolute Gasteiger partial charge is 0.497 e. The Labute approximate surface area is 155 Å². The maximum Gasteiger partial charge on any atom is 0.343 e. The van der Waals surface area contributed by atoms with Gasteiger partial charge in [0.1, 0.15) is 44.4 Å². The molecule has 0 amide bonds. The van der Waals surface area contributed by atoms with E-state index in [4.69, 9.17) is 18.4 Å². The highest BCUT2D eigenvalue weighted by atomic mass is 127. The molecule has 24 heavy (non-hydrogen) atoms. The van der Waals surface area contributed by atoms with E-state index in [1.807, 2.05) is 45.5 Å². The number of methoxy groups -OCH3 is 2. The monoisotopic (exact) mass is 462 g/mol. The molecule has 0 aliphatic carbocycles. The highest BCUT2D eigenvalue weighted by Gasteiger charge is 2.20. The minimum absolute atomic E-state index is 0.0446. The molecule has 2 aromatic rings. The van der Waals surface area contributed by atoms with Crippen molar-refractivity contribution in [1.82, 2.24) is 0 Å². The van der Waals surface area contributed by atoms with Crippen molar-refractivity contribution in [3.63, 3.8) is 0 Å². The average molecular weight is 462 g/mol.